The van der Waals surface area contributed by atoms with Gasteiger partial charge in [-0.05, 0) is 47.4 Å². The molecule has 2 amide bonds. The van der Waals surface area contributed by atoms with Crippen LogP contribution in [0.1, 0.15) is 38.3 Å². The number of fused-ring (bicyclic) bond motifs is 2. The number of nitrogens with two attached hydrogens (primary N) is 1. The van der Waals surface area contributed by atoms with Crippen molar-refractivity contribution in [1.82, 2.24) is 14.7 Å². The number of rotatable bonds is 4. The average Bonchev–Trinajstić information content (AvgIpc) is 3.28. The molecule has 0 fully saturated rings. The fourth-order valence-electron chi connectivity index (χ4n) is 4.74. The molecule has 10 heteroatoms. The van der Waals surface area contributed by atoms with E-state index in [1.54, 1.807) is 40.8 Å². The summed E-state index contributed by atoms with van der Waals surface area (Å²) in [6.45, 7) is 2.67. The largest absolute Gasteiger partial charge is 0.365 e. The third-order valence-corrected chi connectivity index (χ3v) is 7.77. The minimum absolute atomic E-state index is 0.00241. The first-order chi connectivity index (χ1) is 16.1. The molecule has 176 valence electrons. The zero-order valence-electron chi connectivity index (χ0n) is 18.5. The Labute approximate surface area is 196 Å². The fourth-order valence-corrected chi connectivity index (χ4v) is 6.34. The van der Waals surface area contributed by atoms with Gasteiger partial charge in [0, 0.05) is 12.1 Å². The lowest BCUT2D eigenvalue weighted by Gasteiger charge is -2.28. The number of aryl methyl sites for hydroxylation is 1. The smallest absolute Gasteiger partial charge is 0.252 e. The molecule has 2 aliphatic heterocycles. The molecule has 34 heavy (non-hydrogen) atoms. The van der Waals surface area contributed by atoms with Crippen LogP contribution >= 0.6 is 0 Å². The van der Waals surface area contributed by atoms with Crippen LogP contribution in [0.25, 0.3) is 11.3 Å². The van der Waals surface area contributed by atoms with E-state index in [-0.39, 0.29) is 35.9 Å². The molecule has 3 heterocycles. The van der Waals surface area contributed by atoms with Crippen LogP contribution in [-0.2, 0) is 45.6 Å². The summed E-state index contributed by atoms with van der Waals surface area (Å²) in [5.41, 5.74) is 10.1. The van der Waals surface area contributed by atoms with Crippen molar-refractivity contribution in [3.05, 3.63) is 75.7 Å². The molecular formula is C24H23FN4O4S. The molecule has 0 saturated carbocycles. The maximum Gasteiger partial charge on any atom is 0.252 e. The Morgan fingerprint density at radius 1 is 1.09 bits per heavy atom. The molecule has 0 unspecified atom stereocenters. The molecule has 8 nitrogen and oxygen atoms in total. The van der Waals surface area contributed by atoms with Gasteiger partial charge in [0.05, 0.1) is 42.3 Å². The number of sulfone groups is 1. The summed E-state index contributed by atoms with van der Waals surface area (Å²) in [6, 6.07) is 9.77. The molecule has 0 saturated heterocycles. The van der Waals surface area contributed by atoms with Crippen molar-refractivity contribution in [3.63, 3.8) is 0 Å². The molecule has 2 aromatic carbocycles. The lowest BCUT2D eigenvalue weighted by atomic mass is 10.0. The topological polar surface area (TPSA) is 115 Å². The van der Waals surface area contributed by atoms with Crippen molar-refractivity contribution in [3.8, 4) is 11.3 Å². The lowest BCUT2D eigenvalue weighted by Crippen LogP contribution is -2.40. The van der Waals surface area contributed by atoms with Gasteiger partial charge in [0.15, 0.2) is 9.84 Å². The maximum absolute atomic E-state index is 14.0. The van der Waals surface area contributed by atoms with Crippen LogP contribution in [0.4, 0.5) is 4.39 Å². The van der Waals surface area contributed by atoms with Gasteiger partial charge in [-0.1, -0.05) is 18.2 Å². The van der Waals surface area contributed by atoms with E-state index < -0.39 is 21.6 Å². The Kier molecular flexibility index (Phi) is 5.27. The van der Waals surface area contributed by atoms with Gasteiger partial charge in [-0.25, -0.2) is 12.8 Å². The average molecular weight is 483 g/mol. The van der Waals surface area contributed by atoms with E-state index in [4.69, 9.17) is 5.73 Å². The zero-order valence-corrected chi connectivity index (χ0v) is 19.4. The van der Waals surface area contributed by atoms with Gasteiger partial charge in [0.2, 0.25) is 5.91 Å². The second-order valence-electron chi connectivity index (χ2n) is 8.90. The zero-order chi connectivity index (χ0) is 24.2. The van der Waals surface area contributed by atoms with E-state index >= 15 is 0 Å². The van der Waals surface area contributed by atoms with E-state index in [1.807, 2.05) is 0 Å². The molecule has 5 rings (SSSR count). The number of benzene rings is 2. The Morgan fingerprint density at radius 3 is 2.59 bits per heavy atom. The fraction of sp³-hybridized carbons (Fsp3) is 0.292. The lowest BCUT2D eigenvalue weighted by molar-refractivity contribution is -0.132. The van der Waals surface area contributed by atoms with Crippen molar-refractivity contribution in [1.29, 1.82) is 0 Å². The van der Waals surface area contributed by atoms with E-state index in [0.717, 1.165) is 16.7 Å². The monoisotopic (exact) mass is 482 g/mol. The van der Waals surface area contributed by atoms with E-state index in [0.29, 0.717) is 35.6 Å². The first-order valence-electron chi connectivity index (χ1n) is 10.9. The SMILES string of the molecule is Cc1cc(F)cc(-c2nn3c(c2C(N)=O)CN(C(=O)Cc2ccc4c(c2)CS(=O)(=O)C4)CC3)c1. The summed E-state index contributed by atoms with van der Waals surface area (Å²) in [7, 11) is -3.12. The van der Waals surface area contributed by atoms with Crippen LogP contribution in [-0.4, -0.2) is 41.5 Å². The number of halogens is 1. The van der Waals surface area contributed by atoms with Crippen LogP contribution in [0.15, 0.2) is 36.4 Å². The van der Waals surface area contributed by atoms with E-state index in [1.165, 1.54) is 12.1 Å². The number of nitrogens with zero attached hydrogens (tertiary/aromatic N) is 3. The molecule has 3 aromatic rings. The van der Waals surface area contributed by atoms with Crippen molar-refractivity contribution in [2.24, 2.45) is 5.73 Å². The van der Waals surface area contributed by atoms with Crippen LogP contribution in [0.3, 0.4) is 0 Å². The number of aromatic nitrogens is 2. The van der Waals surface area contributed by atoms with Crippen molar-refractivity contribution >= 4 is 21.7 Å². The number of primary amides is 1. The highest BCUT2D eigenvalue weighted by Crippen LogP contribution is 2.30. The van der Waals surface area contributed by atoms with Crippen LogP contribution in [0.2, 0.25) is 0 Å². The third kappa shape index (κ3) is 4.09. The number of amides is 2. The Balaban J connectivity index is 1.40. The van der Waals surface area contributed by atoms with Gasteiger partial charge in [0.1, 0.15) is 11.5 Å². The predicted molar refractivity (Wildman–Crippen MR) is 123 cm³/mol. The van der Waals surface area contributed by atoms with Gasteiger partial charge in [-0.15, -0.1) is 0 Å². The predicted octanol–water partition coefficient (Wildman–Crippen LogP) is 2.11. The molecule has 0 aliphatic carbocycles. The van der Waals surface area contributed by atoms with Gasteiger partial charge in [-0.2, -0.15) is 5.10 Å². The minimum Gasteiger partial charge on any atom is -0.365 e. The molecule has 0 atom stereocenters. The standard InChI is InChI=1S/C24H23FN4O4S/c1-14-6-17(10-19(25)7-14)23-22(24(26)31)20-11-28(4-5-29(20)27-23)21(30)9-15-2-3-16-12-34(32,33)13-18(16)8-15/h2-3,6-8,10H,4-5,9,11-13H2,1H3,(H2,26,31). The summed E-state index contributed by atoms with van der Waals surface area (Å²) in [4.78, 5) is 27.0. The Bertz CT molecular complexity index is 1440. The van der Waals surface area contributed by atoms with Crippen LogP contribution in [0.5, 0.6) is 0 Å². The molecular weight excluding hydrogens is 459 g/mol. The summed E-state index contributed by atoms with van der Waals surface area (Å²) in [5, 5.41) is 4.51. The molecule has 0 radical (unpaired) electrons. The van der Waals surface area contributed by atoms with Gasteiger partial charge in [-0.3, -0.25) is 14.3 Å². The molecule has 0 bridgehead atoms. The minimum atomic E-state index is -3.12. The van der Waals surface area contributed by atoms with E-state index in [2.05, 4.69) is 5.10 Å². The second kappa shape index (κ2) is 8.05. The summed E-state index contributed by atoms with van der Waals surface area (Å²) < 4.78 is 39.4. The highest BCUT2D eigenvalue weighted by Gasteiger charge is 2.30. The molecule has 2 N–H and O–H groups in total. The maximum atomic E-state index is 14.0. The van der Waals surface area contributed by atoms with Crippen LogP contribution < -0.4 is 5.73 Å². The quantitative estimate of drug-likeness (QED) is 0.612. The number of hydrogen-bond acceptors (Lipinski definition) is 5. The van der Waals surface area contributed by atoms with Gasteiger partial charge in [0.25, 0.3) is 5.91 Å². The third-order valence-electron chi connectivity index (χ3n) is 6.27. The van der Waals surface area contributed by atoms with Crippen LogP contribution in [0, 0.1) is 12.7 Å². The van der Waals surface area contributed by atoms with Crippen molar-refractivity contribution in [2.45, 2.75) is 37.9 Å². The van der Waals surface area contributed by atoms with Gasteiger partial charge < -0.3 is 10.6 Å². The summed E-state index contributed by atoms with van der Waals surface area (Å²) >= 11 is 0. The normalized spacial score (nSPS) is 16.2. The van der Waals surface area contributed by atoms with Gasteiger partial charge >= 0.3 is 0 Å². The van der Waals surface area contributed by atoms with Crippen molar-refractivity contribution < 1.29 is 22.4 Å². The summed E-state index contributed by atoms with van der Waals surface area (Å²) in [6.07, 6.45) is 0.114. The first-order valence-corrected chi connectivity index (χ1v) is 12.7. The van der Waals surface area contributed by atoms with Crippen molar-refractivity contribution in [2.75, 3.05) is 6.54 Å². The Hall–Kier alpha value is -3.53. The molecule has 2 aliphatic rings. The number of carbonyl (C=O) groups is 2. The highest BCUT2D eigenvalue weighted by molar-refractivity contribution is 7.90. The Morgan fingerprint density at radius 2 is 1.85 bits per heavy atom. The van der Waals surface area contributed by atoms with E-state index in [9.17, 15) is 22.4 Å². The second-order valence-corrected chi connectivity index (χ2v) is 11.0. The molecule has 1 aromatic heterocycles. The first kappa shape index (κ1) is 22.3. The number of carbonyl (C=O) groups excluding carboxylic acids is 2. The molecule has 0 spiro atoms. The summed E-state index contributed by atoms with van der Waals surface area (Å²) in [5.74, 6) is -1.23. The number of hydrogen-bond donors (Lipinski definition) is 1. The highest BCUT2D eigenvalue weighted by atomic mass is 32.2.